The van der Waals surface area contributed by atoms with E-state index >= 15 is 0 Å². The van der Waals surface area contributed by atoms with Gasteiger partial charge in [0.05, 0.1) is 5.69 Å². The van der Waals surface area contributed by atoms with Crippen LogP contribution in [0.25, 0.3) is 0 Å². The highest BCUT2D eigenvalue weighted by Crippen LogP contribution is 2.26. The normalized spacial score (nSPS) is 11.4. The average Bonchev–Trinajstić information content (AvgIpc) is 2.46. The molecule has 2 rings (SSSR count). The fourth-order valence-electron chi connectivity index (χ4n) is 1.91. The maximum atomic E-state index is 13.7. The summed E-state index contributed by atoms with van der Waals surface area (Å²) in [6.45, 7) is 1.58. The molecule has 2 aromatic rings. The first-order valence-corrected chi connectivity index (χ1v) is 7.55. The van der Waals surface area contributed by atoms with Gasteiger partial charge in [-0.2, -0.15) is 0 Å². The molecule has 0 fully saturated rings. The third-order valence-corrected chi connectivity index (χ3v) is 4.82. The highest BCUT2D eigenvalue weighted by atomic mass is 32.2. The second-order valence-electron chi connectivity index (χ2n) is 4.18. The molecule has 2 aromatic carbocycles. The van der Waals surface area contributed by atoms with Crippen LogP contribution in [0.5, 0.6) is 0 Å². The molecule has 7 heteroatoms. The molecule has 0 bridgehead atoms. The van der Waals surface area contributed by atoms with Crippen LogP contribution >= 0.6 is 0 Å². The Morgan fingerprint density at radius 2 is 1.57 bits per heavy atom. The summed E-state index contributed by atoms with van der Waals surface area (Å²) in [4.78, 5) is -0.896. The molecule has 0 unspecified atom stereocenters. The molecule has 0 heterocycles. The Hall–Kier alpha value is -2.02. The van der Waals surface area contributed by atoms with Crippen LogP contribution in [-0.4, -0.2) is 15.0 Å². The first-order valence-electron chi connectivity index (χ1n) is 6.11. The van der Waals surface area contributed by atoms with Crippen molar-refractivity contribution in [3.05, 3.63) is 59.9 Å². The number of hydrogen-bond acceptors (Lipinski definition) is 2. The molecule has 21 heavy (non-hydrogen) atoms. The summed E-state index contributed by atoms with van der Waals surface area (Å²) in [7, 11) is -4.32. The number of nitrogens with zero attached hydrogens (tertiary/aromatic N) is 1. The van der Waals surface area contributed by atoms with Crippen LogP contribution in [-0.2, 0) is 10.0 Å². The molecular formula is C14H12F3NO2S. The summed E-state index contributed by atoms with van der Waals surface area (Å²) in [5.41, 5.74) is 0.309. The van der Waals surface area contributed by atoms with Crippen LogP contribution in [0.15, 0.2) is 47.4 Å². The minimum Gasteiger partial charge on any atom is -0.267 e. The smallest absolute Gasteiger partial charge is 0.267 e. The Labute approximate surface area is 120 Å². The number of anilines is 1. The Balaban J connectivity index is 2.58. The molecule has 112 valence electrons. The predicted molar refractivity (Wildman–Crippen MR) is 73.0 cm³/mol. The number of rotatable bonds is 4. The Bertz CT molecular complexity index is 748. The van der Waals surface area contributed by atoms with Crippen molar-refractivity contribution in [2.45, 2.75) is 11.8 Å². The van der Waals surface area contributed by atoms with Crippen molar-refractivity contribution < 1.29 is 21.6 Å². The zero-order chi connectivity index (χ0) is 15.6. The molecule has 0 aromatic heterocycles. The van der Waals surface area contributed by atoms with Crippen molar-refractivity contribution in [3.8, 4) is 0 Å². The van der Waals surface area contributed by atoms with Gasteiger partial charge in [-0.1, -0.05) is 18.2 Å². The van der Waals surface area contributed by atoms with Crippen molar-refractivity contribution in [2.75, 3.05) is 10.8 Å². The van der Waals surface area contributed by atoms with Gasteiger partial charge in [0.1, 0.15) is 4.90 Å². The molecule has 0 saturated carbocycles. The van der Waals surface area contributed by atoms with E-state index in [0.29, 0.717) is 17.8 Å². The zero-order valence-corrected chi connectivity index (χ0v) is 11.9. The maximum Gasteiger partial charge on any atom is 0.267 e. The van der Waals surface area contributed by atoms with E-state index in [1.54, 1.807) is 25.1 Å². The summed E-state index contributed by atoms with van der Waals surface area (Å²) in [6.07, 6.45) is 0. The van der Waals surface area contributed by atoms with Crippen LogP contribution in [0.3, 0.4) is 0 Å². The molecule has 0 spiro atoms. The number of hydrogen-bond donors (Lipinski definition) is 0. The third kappa shape index (κ3) is 2.73. The first-order chi connectivity index (χ1) is 9.89. The molecule has 0 N–H and O–H groups in total. The topological polar surface area (TPSA) is 37.4 Å². The minimum absolute atomic E-state index is 0.0186. The van der Waals surface area contributed by atoms with Crippen LogP contribution in [0.1, 0.15) is 6.92 Å². The Morgan fingerprint density at radius 3 is 2.14 bits per heavy atom. The molecule has 0 amide bonds. The van der Waals surface area contributed by atoms with Crippen molar-refractivity contribution in [1.29, 1.82) is 0 Å². The van der Waals surface area contributed by atoms with Gasteiger partial charge in [0.2, 0.25) is 0 Å². The lowest BCUT2D eigenvalue weighted by Gasteiger charge is -2.23. The van der Waals surface area contributed by atoms with Crippen molar-refractivity contribution in [2.24, 2.45) is 0 Å². The Morgan fingerprint density at radius 1 is 0.952 bits per heavy atom. The lowest BCUT2D eigenvalue weighted by molar-refractivity contribution is 0.432. The first kappa shape index (κ1) is 15.4. The van der Waals surface area contributed by atoms with E-state index in [1.807, 2.05) is 0 Å². The van der Waals surface area contributed by atoms with Crippen molar-refractivity contribution in [1.82, 2.24) is 0 Å². The molecule has 0 radical (unpaired) electrons. The number of benzene rings is 2. The lowest BCUT2D eigenvalue weighted by atomic mass is 10.3. The van der Waals surface area contributed by atoms with E-state index in [4.69, 9.17) is 0 Å². The third-order valence-electron chi connectivity index (χ3n) is 2.90. The summed E-state index contributed by atoms with van der Waals surface area (Å²) < 4.78 is 65.7. The van der Waals surface area contributed by atoms with E-state index in [0.717, 1.165) is 4.31 Å². The van der Waals surface area contributed by atoms with Gasteiger partial charge in [-0.15, -0.1) is 0 Å². The Kier molecular flexibility index (Phi) is 4.22. The predicted octanol–water partition coefficient (Wildman–Crippen LogP) is 3.32. The second-order valence-corrected chi connectivity index (χ2v) is 6.01. The number of sulfonamides is 1. The quantitative estimate of drug-likeness (QED) is 0.812. The highest BCUT2D eigenvalue weighted by molar-refractivity contribution is 7.92. The molecular weight excluding hydrogens is 303 g/mol. The van der Waals surface area contributed by atoms with Gasteiger partial charge < -0.3 is 0 Å². The molecule has 0 aliphatic heterocycles. The molecule has 0 aliphatic rings. The average molecular weight is 315 g/mol. The number of para-hydroxylation sites is 1. The van der Waals surface area contributed by atoms with E-state index in [9.17, 15) is 21.6 Å². The molecule has 3 nitrogen and oxygen atoms in total. The monoisotopic (exact) mass is 315 g/mol. The van der Waals surface area contributed by atoms with Gasteiger partial charge in [0.25, 0.3) is 10.0 Å². The molecule has 0 saturated heterocycles. The van der Waals surface area contributed by atoms with Gasteiger partial charge in [-0.05, 0) is 31.2 Å². The van der Waals surface area contributed by atoms with Crippen LogP contribution in [0, 0.1) is 17.5 Å². The van der Waals surface area contributed by atoms with E-state index in [1.165, 1.54) is 12.1 Å². The maximum absolute atomic E-state index is 13.7. The summed E-state index contributed by atoms with van der Waals surface area (Å²) >= 11 is 0. The van der Waals surface area contributed by atoms with Gasteiger partial charge in [0.15, 0.2) is 17.5 Å². The van der Waals surface area contributed by atoms with Crippen LogP contribution < -0.4 is 4.31 Å². The van der Waals surface area contributed by atoms with Gasteiger partial charge in [0, 0.05) is 6.54 Å². The number of halogens is 3. The summed E-state index contributed by atoms with van der Waals surface area (Å²) in [6, 6.07) is 9.29. The minimum atomic E-state index is -4.32. The van der Waals surface area contributed by atoms with Crippen LogP contribution in [0.4, 0.5) is 18.9 Å². The highest BCUT2D eigenvalue weighted by Gasteiger charge is 2.29. The van der Waals surface area contributed by atoms with Gasteiger partial charge >= 0.3 is 0 Å². The van der Waals surface area contributed by atoms with E-state index in [2.05, 4.69) is 0 Å². The second kappa shape index (κ2) is 5.77. The summed E-state index contributed by atoms with van der Waals surface area (Å²) in [5.74, 6) is -4.96. The zero-order valence-electron chi connectivity index (χ0n) is 11.1. The standard InChI is InChI=1S/C14H12F3NO2S/c1-2-18(10-6-4-3-5-7-10)21(19,20)12-9-8-11(15)13(16)14(12)17/h3-9H,2H2,1H3. The largest absolute Gasteiger partial charge is 0.267 e. The summed E-state index contributed by atoms with van der Waals surface area (Å²) in [5, 5.41) is 0. The van der Waals surface area contributed by atoms with Gasteiger partial charge in [-0.25, -0.2) is 21.6 Å². The van der Waals surface area contributed by atoms with Gasteiger partial charge in [-0.3, -0.25) is 4.31 Å². The van der Waals surface area contributed by atoms with Crippen molar-refractivity contribution >= 4 is 15.7 Å². The van der Waals surface area contributed by atoms with E-state index < -0.39 is 32.4 Å². The molecule has 0 aliphatic carbocycles. The van der Waals surface area contributed by atoms with Crippen LogP contribution in [0.2, 0.25) is 0 Å². The fraction of sp³-hybridized carbons (Fsp3) is 0.143. The van der Waals surface area contributed by atoms with Crippen molar-refractivity contribution in [3.63, 3.8) is 0 Å². The SMILES string of the molecule is CCN(c1ccccc1)S(=O)(=O)c1ccc(F)c(F)c1F. The molecule has 0 atom stereocenters. The van der Waals surface area contributed by atoms with E-state index in [-0.39, 0.29) is 6.54 Å². The lowest BCUT2D eigenvalue weighted by Crippen LogP contribution is -2.31. The fourth-order valence-corrected chi connectivity index (χ4v) is 3.44.